The van der Waals surface area contributed by atoms with Gasteiger partial charge < -0.3 is 10.5 Å². The van der Waals surface area contributed by atoms with Crippen molar-refractivity contribution in [3.8, 4) is 5.75 Å². The van der Waals surface area contributed by atoms with E-state index in [0.717, 1.165) is 29.1 Å². The van der Waals surface area contributed by atoms with Gasteiger partial charge in [-0.3, -0.25) is 4.40 Å². The van der Waals surface area contributed by atoms with Crippen LogP contribution in [-0.2, 0) is 0 Å². The number of rotatable bonds is 3. The van der Waals surface area contributed by atoms with E-state index in [1.54, 1.807) is 11.6 Å². The molecule has 0 spiro atoms. The molecule has 9 nitrogen and oxygen atoms in total. The fourth-order valence-electron chi connectivity index (χ4n) is 4.05. The highest BCUT2D eigenvalue weighted by molar-refractivity contribution is 5.95. The molecular formula is C20H18N8O. The van der Waals surface area contributed by atoms with Crippen molar-refractivity contribution in [2.75, 3.05) is 12.8 Å². The van der Waals surface area contributed by atoms with E-state index in [2.05, 4.69) is 32.5 Å². The van der Waals surface area contributed by atoms with Crippen LogP contribution in [0.3, 0.4) is 0 Å². The highest BCUT2D eigenvalue weighted by Crippen LogP contribution is 2.53. The molecule has 6 rings (SSSR count). The van der Waals surface area contributed by atoms with E-state index in [1.807, 2.05) is 35.6 Å². The molecule has 2 atom stereocenters. The first-order valence-corrected chi connectivity index (χ1v) is 9.44. The van der Waals surface area contributed by atoms with Crippen LogP contribution in [0, 0.1) is 6.92 Å². The Morgan fingerprint density at radius 3 is 2.86 bits per heavy atom. The monoisotopic (exact) mass is 386 g/mol. The van der Waals surface area contributed by atoms with Crippen LogP contribution in [0.2, 0.25) is 0 Å². The van der Waals surface area contributed by atoms with Crippen LogP contribution >= 0.6 is 0 Å². The third kappa shape index (κ3) is 2.30. The van der Waals surface area contributed by atoms with Crippen molar-refractivity contribution in [2.45, 2.75) is 25.2 Å². The lowest BCUT2D eigenvalue weighted by Gasteiger charge is -2.06. The van der Waals surface area contributed by atoms with Crippen LogP contribution in [0.25, 0.3) is 22.2 Å². The van der Waals surface area contributed by atoms with Crippen LogP contribution in [-0.4, -0.2) is 41.3 Å². The molecule has 0 saturated heterocycles. The molecule has 2 N–H and O–H groups in total. The molecule has 9 heteroatoms. The van der Waals surface area contributed by atoms with Crippen molar-refractivity contribution < 1.29 is 4.74 Å². The zero-order chi connectivity index (χ0) is 19.7. The quantitative estimate of drug-likeness (QED) is 0.507. The summed E-state index contributed by atoms with van der Waals surface area (Å²) in [5.74, 6) is 3.26. The van der Waals surface area contributed by atoms with E-state index in [9.17, 15) is 0 Å². The molecule has 1 saturated carbocycles. The summed E-state index contributed by atoms with van der Waals surface area (Å²) in [7, 11) is 1.62. The first-order chi connectivity index (χ1) is 14.1. The van der Waals surface area contributed by atoms with Crippen molar-refractivity contribution >= 4 is 28.1 Å². The Hall–Kier alpha value is -3.75. The zero-order valence-electron chi connectivity index (χ0n) is 15.9. The summed E-state index contributed by atoms with van der Waals surface area (Å²) in [6.45, 7) is 1.95. The summed E-state index contributed by atoms with van der Waals surface area (Å²) >= 11 is 0. The van der Waals surface area contributed by atoms with E-state index >= 15 is 0 Å². The molecule has 2 unspecified atom stereocenters. The Morgan fingerprint density at radius 1 is 1.10 bits per heavy atom. The number of ether oxygens (including phenoxy) is 1. The van der Waals surface area contributed by atoms with E-state index in [4.69, 9.17) is 15.5 Å². The average molecular weight is 386 g/mol. The van der Waals surface area contributed by atoms with Crippen LogP contribution in [0.1, 0.15) is 35.5 Å². The summed E-state index contributed by atoms with van der Waals surface area (Å²) in [6, 6.07) is 9.86. The molecule has 0 aliphatic heterocycles. The summed E-state index contributed by atoms with van der Waals surface area (Å²) in [6.07, 6.45) is 3.11. The second-order valence-electron chi connectivity index (χ2n) is 7.42. The lowest BCUT2D eigenvalue weighted by atomic mass is 10.1. The summed E-state index contributed by atoms with van der Waals surface area (Å²) in [5, 5.41) is 13.8. The van der Waals surface area contributed by atoms with E-state index < -0.39 is 0 Å². The minimum atomic E-state index is 0.254. The Morgan fingerprint density at radius 2 is 2.00 bits per heavy atom. The number of anilines is 1. The first-order valence-electron chi connectivity index (χ1n) is 9.44. The van der Waals surface area contributed by atoms with Crippen LogP contribution in [0.4, 0.5) is 5.95 Å². The van der Waals surface area contributed by atoms with Gasteiger partial charge >= 0.3 is 0 Å². The topological polar surface area (TPSA) is 109 Å². The smallest absolute Gasteiger partial charge is 0.223 e. The number of aromatic nitrogens is 7. The molecular weight excluding hydrogens is 368 g/mol. The maximum Gasteiger partial charge on any atom is 0.223 e. The number of nitrogens with two attached hydrogens (primary N) is 1. The first kappa shape index (κ1) is 16.2. The molecule has 5 aromatic rings. The van der Waals surface area contributed by atoms with Gasteiger partial charge in [-0.25, -0.2) is 9.97 Å². The number of hydrogen-bond acceptors (Lipinski definition) is 7. The number of hydrogen-bond donors (Lipinski definition) is 1. The number of fused-ring (bicyclic) bond motifs is 4. The SMILES string of the molecule is COc1cccc2c1nc(N)n1nc(C3CC3c3ccc4nnc(C)n4c3)nc21. The Kier molecular flexibility index (Phi) is 3.15. The second-order valence-corrected chi connectivity index (χ2v) is 7.42. The largest absolute Gasteiger partial charge is 0.494 e. The molecule has 144 valence electrons. The molecule has 1 aromatic carbocycles. The fraction of sp³-hybridized carbons (Fsp3) is 0.250. The number of nitrogens with zero attached hydrogens (tertiary/aromatic N) is 7. The van der Waals surface area contributed by atoms with Gasteiger partial charge in [0, 0.05) is 17.5 Å². The molecule has 0 amide bonds. The third-order valence-electron chi connectivity index (χ3n) is 5.67. The van der Waals surface area contributed by atoms with Crippen molar-refractivity contribution in [3.05, 3.63) is 53.7 Å². The van der Waals surface area contributed by atoms with Gasteiger partial charge in [0.15, 0.2) is 17.1 Å². The minimum absolute atomic E-state index is 0.254. The Balaban J connectivity index is 1.43. The molecule has 0 radical (unpaired) electrons. The van der Waals surface area contributed by atoms with E-state index in [-0.39, 0.29) is 5.92 Å². The molecule has 0 bridgehead atoms. The number of benzene rings is 1. The van der Waals surface area contributed by atoms with Gasteiger partial charge in [0.1, 0.15) is 17.1 Å². The second kappa shape index (κ2) is 5.63. The van der Waals surface area contributed by atoms with Crippen molar-refractivity contribution in [1.82, 2.24) is 34.2 Å². The van der Waals surface area contributed by atoms with Crippen LogP contribution < -0.4 is 10.5 Å². The lowest BCUT2D eigenvalue weighted by Crippen LogP contribution is -2.03. The number of para-hydroxylation sites is 1. The molecule has 4 aromatic heterocycles. The van der Waals surface area contributed by atoms with Crippen molar-refractivity contribution in [1.29, 1.82) is 0 Å². The van der Waals surface area contributed by atoms with E-state index in [0.29, 0.717) is 28.8 Å². The molecule has 1 aliphatic rings. The number of nitrogen functional groups attached to an aromatic ring is 1. The molecule has 1 fully saturated rings. The fourth-order valence-corrected chi connectivity index (χ4v) is 4.05. The standard InChI is InChI=1S/C20H18N8O/c1-10-24-25-16-7-6-11(9-27(10)16)13-8-14(13)18-23-19-12-4-3-5-15(29-2)17(12)22-20(21)28(19)26-18/h3-7,9,13-14H,8H2,1-2H3,(H2,21,22). The minimum Gasteiger partial charge on any atom is -0.494 e. The van der Waals surface area contributed by atoms with Gasteiger partial charge in [-0.2, -0.15) is 4.52 Å². The predicted molar refractivity (Wildman–Crippen MR) is 107 cm³/mol. The van der Waals surface area contributed by atoms with Gasteiger partial charge in [-0.15, -0.1) is 15.3 Å². The normalized spacial score (nSPS) is 18.7. The average Bonchev–Trinajstić information content (AvgIpc) is 3.26. The maximum atomic E-state index is 6.17. The highest BCUT2D eigenvalue weighted by Gasteiger charge is 2.43. The predicted octanol–water partition coefficient (Wildman–Crippen LogP) is 2.49. The number of methoxy groups -OCH3 is 1. The Bertz CT molecular complexity index is 1420. The van der Waals surface area contributed by atoms with Gasteiger partial charge in [-0.05, 0) is 43.0 Å². The molecule has 29 heavy (non-hydrogen) atoms. The van der Waals surface area contributed by atoms with Crippen molar-refractivity contribution in [3.63, 3.8) is 0 Å². The maximum absolute atomic E-state index is 6.17. The number of pyridine rings is 1. The molecule has 1 aliphatic carbocycles. The summed E-state index contributed by atoms with van der Waals surface area (Å²) < 4.78 is 9.06. The van der Waals surface area contributed by atoms with Gasteiger partial charge in [0.05, 0.1) is 7.11 Å². The van der Waals surface area contributed by atoms with Crippen LogP contribution in [0.15, 0.2) is 36.5 Å². The van der Waals surface area contributed by atoms with Crippen LogP contribution in [0.5, 0.6) is 5.75 Å². The Labute approximate surface area is 165 Å². The third-order valence-corrected chi connectivity index (χ3v) is 5.67. The lowest BCUT2D eigenvalue weighted by molar-refractivity contribution is 0.419. The summed E-state index contributed by atoms with van der Waals surface area (Å²) in [5.41, 5.74) is 9.66. The van der Waals surface area contributed by atoms with Gasteiger partial charge in [-0.1, -0.05) is 12.1 Å². The van der Waals surface area contributed by atoms with Crippen molar-refractivity contribution in [2.24, 2.45) is 0 Å². The molecule has 4 heterocycles. The zero-order valence-corrected chi connectivity index (χ0v) is 15.9. The highest BCUT2D eigenvalue weighted by atomic mass is 16.5. The van der Waals surface area contributed by atoms with E-state index in [1.165, 1.54) is 5.56 Å². The van der Waals surface area contributed by atoms with Gasteiger partial charge in [0.2, 0.25) is 5.95 Å². The number of aryl methyl sites for hydroxylation is 1. The van der Waals surface area contributed by atoms with Gasteiger partial charge in [0.25, 0.3) is 0 Å². The summed E-state index contributed by atoms with van der Waals surface area (Å²) in [4.78, 5) is 9.31.